The van der Waals surface area contributed by atoms with Gasteiger partial charge in [-0.25, -0.2) is 4.90 Å². The topological polar surface area (TPSA) is 69.5 Å². The van der Waals surface area contributed by atoms with Crippen LogP contribution in [0.5, 0.6) is 11.5 Å². The Morgan fingerprint density at radius 2 is 1.86 bits per heavy atom. The molecule has 0 aromatic heterocycles. The normalized spacial score (nSPS) is 25.1. The monoisotopic (exact) mass is 305 g/mol. The summed E-state index contributed by atoms with van der Waals surface area (Å²) >= 11 is 0. The molecule has 3 heterocycles. The van der Waals surface area contributed by atoms with Gasteiger partial charge >= 0.3 is 0 Å². The third-order valence-electron chi connectivity index (χ3n) is 4.39. The maximum Gasteiger partial charge on any atom is 0.292 e. The molecule has 3 aliphatic heterocycles. The van der Waals surface area contributed by atoms with Gasteiger partial charge in [0.05, 0.1) is 25.3 Å². The summed E-state index contributed by atoms with van der Waals surface area (Å²) in [5.74, 6) is 0.909. The Balaban J connectivity index is 1.59. The Bertz CT molecular complexity index is 626. The van der Waals surface area contributed by atoms with Crippen molar-refractivity contribution in [3.05, 3.63) is 18.2 Å². The van der Waals surface area contributed by atoms with Gasteiger partial charge in [0.25, 0.3) is 5.91 Å². The fourth-order valence-electron chi connectivity index (χ4n) is 3.23. The van der Waals surface area contributed by atoms with Gasteiger partial charge in [-0.3, -0.25) is 9.59 Å². The summed E-state index contributed by atoms with van der Waals surface area (Å²) in [5.41, 5.74) is 0.550. The van der Waals surface area contributed by atoms with Crippen molar-refractivity contribution in [1.82, 2.24) is 0 Å². The molecule has 0 spiro atoms. The van der Waals surface area contributed by atoms with E-state index in [0.29, 0.717) is 30.4 Å². The number of hydrogen-bond donors (Lipinski definition) is 1. The number of imide groups is 1. The molecule has 4 rings (SSSR count). The van der Waals surface area contributed by atoms with E-state index in [-0.39, 0.29) is 31.1 Å². The molecular formula is C15H17N2O5+. The van der Waals surface area contributed by atoms with Gasteiger partial charge in [0.15, 0.2) is 17.5 Å². The molecule has 1 atom stereocenters. The van der Waals surface area contributed by atoms with Crippen LogP contribution in [0, 0.1) is 0 Å². The SMILES string of the molecule is O=C1C[C@H]([NH+]2CCOCC2)C(=O)N1c1ccc2c(c1)OCO2. The minimum atomic E-state index is -0.304. The number of rotatable bonds is 2. The van der Waals surface area contributed by atoms with Crippen molar-refractivity contribution in [3.63, 3.8) is 0 Å². The third kappa shape index (κ3) is 2.13. The van der Waals surface area contributed by atoms with E-state index in [0.717, 1.165) is 18.0 Å². The molecule has 3 aliphatic rings. The molecule has 1 aromatic rings. The highest BCUT2D eigenvalue weighted by molar-refractivity contribution is 6.22. The number of carbonyl (C=O) groups excluding carboxylic acids is 2. The summed E-state index contributed by atoms with van der Waals surface area (Å²) in [7, 11) is 0. The number of hydrogen-bond acceptors (Lipinski definition) is 5. The summed E-state index contributed by atoms with van der Waals surface area (Å²) in [6.07, 6.45) is 0.253. The molecule has 116 valence electrons. The van der Waals surface area contributed by atoms with Crippen molar-refractivity contribution >= 4 is 17.5 Å². The lowest BCUT2D eigenvalue weighted by Gasteiger charge is -2.27. The van der Waals surface area contributed by atoms with E-state index in [1.807, 2.05) is 0 Å². The second-order valence-corrected chi connectivity index (χ2v) is 5.63. The van der Waals surface area contributed by atoms with Gasteiger partial charge < -0.3 is 19.1 Å². The Morgan fingerprint density at radius 3 is 2.68 bits per heavy atom. The number of amides is 2. The first-order chi connectivity index (χ1) is 10.7. The molecule has 2 amide bonds. The summed E-state index contributed by atoms with van der Waals surface area (Å²) < 4.78 is 15.9. The van der Waals surface area contributed by atoms with Gasteiger partial charge in [-0.05, 0) is 12.1 Å². The van der Waals surface area contributed by atoms with Crippen LogP contribution in [0.4, 0.5) is 5.69 Å². The van der Waals surface area contributed by atoms with Crippen LogP contribution in [-0.4, -0.2) is 51.0 Å². The molecule has 0 unspecified atom stereocenters. The van der Waals surface area contributed by atoms with Crippen molar-refractivity contribution in [2.75, 3.05) is 38.0 Å². The van der Waals surface area contributed by atoms with Crippen LogP contribution in [0.25, 0.3) is 0 Å². The zero-order chi connectivity index (χ0) is 15.1. The van der Waals surface area contributed by atoms with Crippen LogP contribution < -0.4 is 19.3 Å². The van der Waals surface area contributed by atoms with Crippen LogP contribution in [0.3, 0.4) is 0 Å². The number of nitrogens with one attached hydrogen (secondary N) is 1. The molecule has 2 fully saturated rings. The number of fused-ring (bicyclic) bond motifs is 1. The minimum absolute atomic E-state index is 0.138. The Hall–Kier alpha value is -2.12. The van der Waals surface area contributed by atoms with Gasteiger partial charge in [0.2, 0.25) is 12.7 Å². The summed E-state index contributed by atoms with van der Waals surface area (Å²) in [6.45, 7) is 2.97. The highest BCUT2D eigenvalue weighted by atomic mass is 16.7. The number of carbonyl (C=O) groups is 2. The second-order valence-electron chi connectivity index (χ2n) is 5.63. The molecule has 22 heavy (non-hydrogen) atoms. The van der Waals surface area contributed by atoms with E-state index in [9.17, 15) is 9.59 Å². The molecule has 7 nitrogen and oxygen atoms in total. The predicted molar refractivity (Wildman–Crippen MR) is 75.0 cm³/mol. The van der Waals surface area contributed by atoms with E-state index < -0.39 is 0 Å². The first-order valence-electron chi connectivity index (χ1n) is 7.43. The maximum atomic E-state index is 12.7. The number of ether oxygens (including phenoxy) is 3. The molecule has 1 aromatic carbocycles. The van der Waals surface area contributed by atoms with Gasteiger partial charge in [0.1, 0.15) is 13.1 Å². The molecule has 7 heteroatoms. The minimum Gasteiger partial charge on any atom is -0.454 e. The van der Waals surface area contributed by atoms with E-state index >= 15 is 0 Å². The zero-order valence-corrected chi connectivity index (χ0v) is 12.0. The highest BCUT2D eigenvalue weighted by Gasteiger charge is 2.46. The molecule has 0 bridgehead atoms. The molecule has 1 N–H and O–H groups in total. The van der Waals surface area contributed by atoms with E-state index in [1.54, 1.807) is 18.2 Å². The first-order valence-corrected chi connectivity index (χ1v) is 7.43. The van der Waals surface area contributed by atoms with E-state index in [4.69, 9.17) is 14.2 Å². The molecule has 2 saturated heterocycles. The highest BCUT2D eigenvalue weighted by Crippen LogP contribution is 2.36. The van der Waals surface area contributed by atoms with Crippen molar-refractivity contribution < 1.29 is 28.7 Å². The lowest BCUT2D eigenvalue weighted by Crippen LogP contribution is -3.18. The maximum absolute atomic E-state index is 12.7. The number of nitrogens with zero attached hydrogens (tertiary/aromatic N) is 1. The fourth-order valence-corrected chi connectivity index (χ4v) is 3.23. The Kier molecular flexibility index (Phi) is 3.24. The van der Waals surface area contributed by atoms with Crippen molar-refractivity contribution in [2.45, 2.75) is 12.5 Å². The number of benzene rings is 1. The van der Waals surface area contributed by atoms with E-state index in [1.165, 1.54) is 4.90 Å². The molecule has 0 aliphatic carbocycles. The van der Waals surface area contributed by atoms with Gasteiger partial charge in [-0.2, -0.15) is 0 Å². The average molecular weight is 305 g/mol. The second kappa shape index (κ2) is 5.26. The van der Waals surface area contributed by atoms with Crippen molar-refractivity contribution in [2.24, 2.45) is 0 Å². The van der Waals surface area contributed by atoms with Crippen molar-refractivity contribution in [1.29, 1.82) is 0 Å². The van der Waals surface area contributed by atoms with Crippen LogP contribution in [0.1, 0.15) is 6.42 Å². The van der Waals surface area contributed by atoms with Gasteiger partial charge in [-0.1, -0.05) is 0 Å². The van der Waals surface area contributed by atoms with Crippen molar-refractivity contribution in [3.8, 4) is 11.5 Å². The van der Waals surface area contributed by atoms with Crippen LogP contribution in [-0.2, 0) is 14.3 Å². The molecule has 0 radical (unpaired) electrons. The van der Waals surface area contributed by atoms with Crippen LogP contribution >= 0.6 is 0 Å². The number of anilines is 1. The smallest absolute Gasteiger partial charge is 0.292 e. The Labute approximate surface area is 127 Å². The lowest BCUT2D eigenvalue weighted by atomic mass is 10.2. The fraction of sp³-hybridized carbons (Fsp3) is 0.467. The predicted octanol–water partition coefficient (Wildman–Crippen LogP) is -1.04. The van der Waals surface area contributed by atoms with Crippen LogP contribution in [0.15, 0.2) is 18.2 Å². The average Bonchev–Trinajstić information content (AvgIpc) is 3.12. The standard InChI is InChI=1S/C15H16N2O5/c18-14-8-11(16-3-5-20-6-4-16)15(19)17(14)10-1-2-12-13(7-10)22-9-21-12/h1-2,7,11H,3-6,8-9H2/p+1/t11-/m0/s1. The quantitative estimate of drug-likeness (QED) is 0.707. The Morgan fingerprint density at radius 1 is 1.09 bits per heavy atom. The lowest BCUT2D eigenvalue weighted by molar-refractivity contribution is -0.922. The van der Waals surface area contributed by atoms with Gasteiger partial charge in [0, 0.05) is 6.07 Å². The number of morpholine rings is 1. The van der Waals surface area contributed by atoms with Crippen LogP contribution in [0.2, 0.25) is 0 Å². The van der Waals surface area contributed by atoms with Gasteiger partial charge in [-0.15, -0.1) is 0 Å². The van der Waals surface area contributed by atoms with E-state index in [2.05, 4.69) is 0 Å². The number of quaternary nitrogens is 1. The first kappa shape index (κ1) is 13.5. The summed E-state index contributed by atoms with van der Waals surface area (Å²) in [6, 6.07) is 4.84. The summed E-state index contributed by atoms with van der Waals surface area (Å²) in [4.78, 5) is 27.4. The third-order valence-corrected chi connectivity index (χ3v) is 4.39. The summed E-state index contributed by atoms with van der Waals surface area (Å²) in [5, 5.41) is 0. The zero-order valence-electron chi connectivity index (χ0n) is 12.0. The molecular weight excluding hydrogens is 288 g/mol. The molecule has 0 saturated carbocycles. The largest absolute Gasteiger partial charge is 0.454 e.